The molecule has 21 heavy (non-hydrogen) atoms. The molecule has 5 nitrogen and oxygen atoms in total. The molecule has 1 aromatic rings. The zero-order chi connectivity index (χ0) is 16.0. The second-order valence-corrected chi connectivity index (χ2v) is 5.81. The van der Waals surface area contributed by atoms with E-state index in [0.29, 0.717) is 34.4 Å². The van der Waals surface area contributed by atoms with Crippen LogP contribution in [0.5, 0.6) is 5.75 Å². The van der Waals surface area contributed by atoms with Gasteiger partial charge in [-0.25, -0.2) is 4.79 Å². The van der Waals surface area contributed by atoms with E-state index in [1.807, 2.05) is 6.92 Å². The number of nitrogens with one attached hydrogen (secondary N) is 2. The number of aliphatic hydroxyl groups is 1. The Morgan fingerprint density at radius 2 is 1.90 bits per heavy atom. The number of benzene rings is 1. The van der Waals surface area contributed by atoms with Crippen molar-refractivity contribution in [3.63, 3.8) is 0 Å². The predicted octanol–water partition coefficient (Wildman–Crippen LogP) is 3.53. The minimum atomic E-state index is -0.385. The number of urea groups is 1. The lowest BCUT2D eigenvalue weighted by molar-refractivity contribution is 0.163. The van der Waals surface area contributed by atoms with Gasteiger partial charge in [0, 0.05) is 12.2 Å². The van der Waals surface area contributed by atoms with E-state index >= 15 is 0 Å². The average molecular weight is 335 g/mol. The summed E-state index contributed by atoms with van der Waals surface area (Å²) < 4.78 is 5.04. The van der Waals surface area contributed by atoms with Crippen LogP contribution in [0.1, 0.15) is 20.3 Å². The number of aliphatic hydroxyl groups excluding tert-OH is 1. The first-order chi connectivity index (χ1) is 9.83. The number of amides is 2. The molecule has 1 aromatic carbocycles. The molecule has 0 aliphatic heterocycles. The Morgan fingerprint density at radius 1 is 1.33 bits per heavy atom. The molecule has 2 amide bonds. The maximum absolute atomic E-state index is 11.8. The monoisotopic (exact) mass is 334 g/mol. The molecule has 0 heterocycles. The topological polar surface area (TPSA) is 70.6 Å². The van der Waals surface area contributed by atoms with Gasteiger partial charge in [-0.2, -0.15) is 0 Å². The number of anilines is 1. The van der Waals surface area contributed by atoms with Crippen molar-refractivity contribution in [3.8, 4) is 5.75 Å². The quantitative estimate of drug-likeness (QED) is 0.745. The van der Waals surface area contributed by atoms with Gasteiger partial charge in [0.2, 0.25) is 0 Å². The zero-order valence-corrected chi connectivity index (χ0v) is 13.8. The van der Waals surface area contributed by atoms with Crippen LogP contribution in [0.25, 0.3) is 0 Å². The first-order valence-corrected chi connectivity index (χ1v) is 7.35. The second kappa shape index (κ2) is 8.32. The molecular formula is C14H20Cl2N2O3. The van der Waals surface area contributed by atoms with Crippen molar-refractivity contribution in [2.75, 3.05) is 19.0 Å². The number of rotatable bonds is 6. The van der Waals surface area contributed by atoms with Gasteiger partial charge in [0.1, 0.15) is 0 Å². The molecule has 0 bridgehead atoms. The van der Waals surface area contributed by atoms with Crippen LogP contribution in [0.15, 0.2) is 12.1 Å². The number of carbonyl (C=O) groups is 1. The molecule has 0 spiro atoms. The molecule has 2 atom stereocenters. The Labute approximate surface area is 134 Å². The fourth-order valence-electron chi connectivity index (χ4n) is 1.93. The second-order valence-electron chi connectivity index (χ2n) is 5.00. The molecule has 3 N–H and O–H groups in total. The highest BCUT2D eigenvalue weighted by molar-refractivity contribution is 6.37. The summed E-state index contributed by atoms with van der Waals surface area (Å²) >= 11 is 12.0. The Hall–Kier alpha value is -1.17. The number of hydrogen-bond donors (Lipinski definition) is 3. The molecule has 0 aliphatic rings. The summed E-state index contributed by atoms with van der Waals surface area (Å²) in [4.78, 5) is 11.8. The highest BCUT2D eigenvalue weighted by Crippen LogP contribution is 2.35. The molecule has 7 heteroatoms. The van der Waals surface area contributed by atoms with E-state index in [0.717, 1.165) is 0 Å². The van der Waals surface area contributed by atoms with E-state index < -0.39 is 0 Å². The Bertz CT molecular complexity index is 472. The van der Waals surface area contributed by atoms with E-state index in [-0.39, 0.29) is 18.1 Å². The largest absolute Gasteiger partial charge is 0.494 e. The highest BCUT2D eigenvalue weighted by atomic mass is 35.5. The fraction of sp³-hybridized carbons (Fsp3) is 0.500. The zero-order valence-electron chi connectivity index (χ0n) is 12.2. The number of carbonyl (C=O) groups excluding carboxylic acids is 1. The van der Waals surface area contributed by atoms with E-state index in [1.165, 1.54) is 7.11 Å². The third kappa shape index (κ3) is 5.99. The average Bonchev–Trinajstić information content (AvgIpc) is 2.35. The summed E-state index contributed by atoms with van der Waals surface area (Å²) in [5.74, 6) is 0.550. The third-order valence-electron chi connectivity index (χ3n) is 2.81. The molecule has 0 aromatic heterocycles. The highest BCUT2D eigenvalue weighted by Gasteiger charge is 2.11. The Balaban J connectivity index is 2.55. The number of methoxy groups -OCH3 is 1. The summed E-state index contributed by atoms with van der Waals surface area (Å²) in [7, 11) is 1.47. The van der Waals surface area contributed by atoms with Gasteiger partial charge >= 0.3 is 6.03 Å². The van der Waals surface area contributed by atoms with Crippen molar-refractivity contribution >= 4 is 34.9 Å². The molecule has 118 valence electrons. The lowest BCUT2D eigenvalue weighted by atomic mass is 10.1. The number of halogens is 2. The summed E-state index contributed by atoms with van der Waals surface area (Å²) in [6.45, 7) is 4.14. The SMILES string of the molecule is COc1c(Cl)cc(NC(=O)NC[C@@H](C)C[C@H](C)O)cc1Cl. The minimum Gasteiger partial charge on any atom is -0.494 e. The molecule has 0 aliphatic carbocycles. The maximum atomic E-state index is 11.8. The first-order valence-electron chi connectivity index (χ1n) is 6.59. The summed E-state index contributed by atoms with van der Waals surface area (Å²) in [5, 5.41) is 15.3. The van der Waals surface area contributed by atoms with Gasteiger partial charge in [0.25, 0.3) is 0 Å². The van der Waals surface area contributed by atoms with Crippen LogP contribution in [0.4, 0.5) is 10.5 Å². The van der Waals surface area contributed by atoms with Crippen molar-refractivity contribution in [2.45, 2.75) is 26.4 Å². The van der Waals surface area contributed by atoms with Crippen molar-refractivity contribution in [1.29, 1.82) is 0 Å². The minimum absolute atomic E-state index is 0.179. The van der Waals surface area contributed by atoms with Crippen LogP contribution in [0.2, 0.25) is 10.0 Å². The van der Waals surface area contributed by atoms with Crippen molar-refractivity contribution in [3.05, 3.63) is 22.2 Å². The Kier molecular flexibility index (Phi) is 7.08. The van der Waals surface area contributed by atoms with E-state index in [4.69, 9.17) is 27.9 Å². The fourth-order valence-corrected chi connectivity index (χ4v) is 2.58. The Morgan fingerprint density at radius 3 is 2.38 bits per heavy atom. The van der Waals surface area contributed by atoms with E-state index in [1.54, 1.807) is 19.1 Å². The number of ether oxygens (including phenoxy) is 1. The van der Waals surface area contributed by atoms with Gasteiger partial charge < -0.3 is 20.5 Å². The lowest BCUT2D eigenvalue weighted by Crippen LogP contribution is -2.33. The van der Waals surface area contributed by atoms with Crippen LogP contribution >= 0.6 is 23.2 Å². The lowest BCUT2D eigenvalue weighted by Gasteiger charge is -2.15. The maximum Gasteiger partial charge on any atom is 0.319 e. The summed E-state index contributed by atoms with van der Waals surface area (Å²) in [5.41, 5.74) is 0.478. The van der Waals surface area contributed by atoms with Crippen LogP contribution < -0.4 is 15.4 Å². The molecule has 0 unspecified atom stereocenters. The van der Waals surface area contributed by atoms with Crippen molar-refractivity contribution < 1.29 is 14.6 Å². The molecule has 0 saturated carbocycles. The molecular weight excluding hydrogens is 315 g/mol. The van der Waals surface area contributed by atoms with Crippen LogP contribution in [-0.2, 0) is 0 Å². The van der Waals surface area contributed by atoms with Crippen LogP contribution in [-0.4, -0.2) is 30.9 Å². The molecule has 0 saturated heterocycles. The standard InChI is InChI=1S/C14H20Cl2N2O3/c1-8(4-9(2)19)7-17-14(20)18-10-5-11(15)13(21-3)12(16)6-10/h5-6,8-9,19H,4,7H2,1-3H3,(H2,17,18,20)/t8-,9-/m0/s1. The normalized spacial score (nSPS) is 13.4. The van der Waals surface area contributed by atoms with Crippen molar-refractivity contribution in [1.82, 2.24) is 5.32 Å². The van der Waals surface area contributed by atoms with E-state index in [9.17, 15) is 9.90 Å². The smallest absolute Gasteiger partial charge is 0.319 e. The molecule has 0 radical (unpaired) electrons. The number of hydrogen-bond acceptors (Lipinski definition) is 3. The third-order valence-corrected chi connectivity index (χ3v) is 3.38. The molecule has 0 fully saturated rings. The first kappa shape index (κ1) is 17.9. The van der Waals surface area contributed by atoms with Gasteiger partial charge in [-0.15, -0.1) is 0 Å². The van der Waals surface area contributed by atoms with Gasteiger partial charge in [0.15, 0.2) is 5.75 Å². The van der Waals surface area contributed by atoms with E-state index in [2.05, 4.69) is 10.6 Å². The van der Waals surface area contributed by atoms with Gasteiger partial charge in [-0.3, -0.25) is 0 Å². The van der Waals surface area contributed by atoms with Crippen LogP contribution in [0.3, 0.4) is 0 Å². The predicted molar refractivity (Wildman–Crippen MR) is 85.5 cm³/mol. The van der Waals surface area contributed by atoms with Gasteiger partial charge in [-0.1, -0.05) is 30.1 Å². The molecule has 1 rings (SSSR count). The summed E-state index contributed by atoms with van der Waals surface area (Å²) in [6, 6.07) is 2.76. The summed E-state index contributed by atoms with van der Waals surface area (Å²) in [6.07, 6.45) is 0.240. The van der Waals surface area contributed by atoms with Gasteiger partial charge in [-0.05, 0) is 31.4 Å². The van der Waals surface area contributed by atoms with Crippen LogP contribution in [0, 0.1) is 5.92 Å². The van der Waals surface area contributed by atoms with Gasteiger partial charge in [0.05, 0.1) is 23.3 Å². The van der Waals surface area contributed by atoms with Crippen molar-refractivity contribution in [2.24, 2.45) is 5.92 Å².